The molecule has 1 rings (SSSR count). The van der Waals surface area contributed by atoms with Crippen LogP contribution in [0.1, 0.15) is 25.5 Å². The SMILES string of the molecule is CC(C)NC(=O)CN(C)CC(N)c1ccccc1. The van der Waals surface area contributed by atoms with E-state index in [1.165, 1.54) is 0 Å². The predicted octanol–water partition coefficient (Wildman–Crippen LogP) is 1.14. The Balaban J connectivity index is 2.40. The van der Waals surface area contributed by atoms with Gasteiger partial charge in [-0.3, -0.25) is 9.69 Å². The van der Waals surface area contributed by atoms with E-state index in [0.717, 1.165) is 5.56 Å². The Morgan fingerprint density at radius 3 is 2.50 bits per heavy atom. The van der Waals surface area contributed by atoms with Crippen LogP contribution in [0.4, 0.5) is 0 Å². The molecule has 3 N–H and O–H groups in total. The zero-order valence-corrected chi connectivity index (χ0v) is 11.4. The molecule has 0 spiro atoms. The third kappa shape index (κ3) is 5.29. The lowest BCUT2D eigenvalue weighted by Crippen LogP contribution is -2.40. The van der Waals surface area contributed by atoms with E-state index in [0.29, 0.717) is 13.1 Å². The number of hydrogen-bond acceptors (Lipinski definition) is 3. The number of likely N-dealkylation sites (N-methyl/N-ethyl adjacent to an activating group) is 1. The largest absolute Gasteiger partial charge is 0.353 e. The Labute approximate surface area is 109 Å². The summed E-state index contributed by atoms with van der Waals surface area (Å²) in [7, 11) is 1.91. The van der Waals surface area contributed by atoms with Crippen molar-refractivity contribution in [2.75, 3.05) is 20.1 Å². The Kier molecular flexibility index (Phi) is 5.82. The molecule has 0 saturated heterocycles. The van der Waals surface area contributed by atoms with Crippen molar-refractivity contribution in [2.45, 2.75) is 25.9 Å². The Hall–Kier alpha value is -1.39. The molecule has 1 amide bonds. The highest BCUT2D eigenvalue weighted by molar-refractivity contribution is 5.78. The number of hydrogen-bond donors (Lipinski definition) is 2. The van der Waals surface area contributed by atoms with Gasteiger partial charge >= 0.3 is 0 Å². The number of amides is 1. The second kappa shape index (κ2) is 7.13. The first kappa shape index (κ1) is 14.7. The molecule has 100 valence electrons. The molecule has 18 heavy (non-hydrogen) atoms. The number of rotatable bonds is 6. The lowest BCUT2D eigenvalue weighted by molar-refractivity contribution is -0.122. The highest BCUT2D eigenvalue weighted by Crippen LogP contribution is 2.10. The summed E-state index contributed by atoms with van der Waals surface area (Å²) >= 11 is 0. The van der Waals surface area contributed by atoms with Gasteiger partial charge in [-0.05, 0) is 26.5 Å². The van der Waals surface area contributed by atoms with E-state index < -0.39 is 0 Å². The molecule has 0 fully saturated rings. The molecule has 4 nitrogen and oxygen atoms in total. The molecule has 0 saturated carbocycles. The van der Waals surface area contributed by atoms with Crippen molar-refractivity contribution in [3.05, 3.63) is 35.9 Å². The van der Waals surface area contributed by atoms with Gasteiger partial charge in [-0.25, -0.2) is 0 Å². The van der Waals surface area contributed by atoms with Gasteiger partial charge in [-0.2, -0.15) is 0 Å². The minimum absolute atomic E-state index is 0.0350. The van der Waals surface area contributed by atoms with Crippen LogP contribution in [0.5, 0.6) is 0 Å². The first-order valence-corrected chi connectivity index (χ1v) is 6.27. The second-order valence-electron chi connectivity index (χ2n) is 4.94. The zero-order valence-electron chi connectivity index (χ0n) is 11.4. The van der Waals surface area contributed by atoms with E-state index >= 15 is 0 Å². The fourth-order valence-corrected chi connectivity index (χ4v) is 1.82. The monoisotopic (exact) mass is 249 g/mol. The summed E-state index contributed by atoms with van der Waals surface area (Å²) in [5, 5.41) is 2.87. The summed E-state index contributed by atoms with van der Waals surface area (Å²) in [6, 6.07) is 10.0. The average molecular weight is 249 g/mol. The van der Waals surface area contributed by atoms with Crippen LogP contribution in [-0.2, 0) is 4.79 Å². The molecule has 0 aliphatic heterocycles. The molecule has 1 unspecified atom stereocenters. The van der Waals surface area contributed by atoms with Crippen LogP contribution in [0.25, 0.3) is 0 Å². The number of carbonyl (C=O) groups is 1. The fraction of sp³-hybridized carbons (Fsp3) is 0.500. The minimum Gasteiger partial charge on any atom is -0.353 e. The molecule has 0 aliphatic rings. The van der Waals surface area contributed by atoms with Crippen LogP contribution in [0, 0.1) is 0 Å². The number of benzene rings is 1. The van der Waals surface area contributed by atoms with Gasteiger partial charge in [0, 0.05) is 18.6 Å². The number of nitrogens with two attached hydrogens (primary N) is 1. The molecule has 0 aliphatic carbocycles. The normalized spacial score (nSPS) is 12.8. The van der Waals surface area contributed by atoms with Crippen molar-refractivity contribution < 1.29 is 4.79 Å². The molecule has 1 aromatic carbocycles. The molecule has 1 aromatic rings. The second-order valence-corrected chi connectivity index (χ2v) is 4.94. The molecular formula is C14H23N3O. The van der Waals surface area contributed by atoms with Crippen molar-refractivity contribution in [1.29, 1.82) is 0 Å². The maximum absolute atomic E-state index is 11.6. The number of nitrogens with one attached hydrogen (secondary N) is 1. The van der Waals surface area contributed by atoms with Crippen LogP contribution < -0.4 is 11.1 Å². The maximum atomic E-state index is 11.6. The van der Waals surface area contributed by atoms with Crippen LogP contribution in [0.2, 0.25) is 0 Å². The number of carbonyl (C=O) groups excluding carboxylic acids is 1. The third-order valence-corrected chi connectivity index (χ3v) is 2.60. The predicted molar refractivity (Wildman–Crippen MR) is 74.1 cm³/mol. The van der Waals surface area contributed by atoms with E-state index in [-0.39, 0.29) is 18.0 Å². The van der Waals surface area contributed by atoms with Crippen LogP contribution >= 0.6 is 0 Å². The van der Waals surface area contributed by atoms with E-state index in [1.807, 2.05) is 56.1 Å². The van der Waals surface area contributed by atoms with E-state index in [2.05, 4.69) is 5.32 Å². The summed E-state index contributed by atoms with van der Waals surface area (Å²) in [4.78, 5) is 13.5. The van der Waals surface area contributed by atoms with Crippen molar-refractivity contribution in [3.8, 4) is 0 Å². The molecule has 0 bridgehead atoms. The molecule has 0 heterocycles. The van der Waals surface area contributed by atoms with Gasteiger partial charge in [0.1, 0.15) is 0 Å². The Morgan fingerprint density at radius 2 is 1.94 bits per heavy atom. The Bertz CT molecular complexity index is 365. The summed E-state index contributed by atoms with van der Waals surface area (Å²) in [6.45, 7) is 4.94. The maximum Gasteiger partial charge on any atom is 0.234 e. The first-order chi connectivity index (χ1) is 8.49. The highest BCUT2D eigenvalue weighted by Gasteiger charge is 2.12. The molecule has 0 aromatic heterocycles. The number of nitrogens with zero attached hydrogens (tertiary/aromatic N) is 1. The van der Waals surface area contributed by atoms with Gasteiger partial charge in [-0.15, -0.1) is 0 Å². The summed E-state index contributed by atoms with van der Waals surface area (Å²) < 4.78 is 0. The van der Waals surface area contributed by atoms with Crippen molar-refractivity contribution in [1.82, 2.24) is 10.2 Å². The summed E-state index contributed by atoms with van der Waals surface area (Å²) in [5.41, 5.74) is 7.19. The summed E-state index contributed by atoms with van der Waals surface area (Å²) in [6.07, 6.45) is 0. The van der Waals surface area contributed by atoms with Crippen molar-refractivity contribution in [3.63, 3.8) is 0 Å². The molecule has 4 heteroatoms. The molecular weight excluding hydrogens is 226 g/mol. The van der Waals surface area contributed by atoms with E-state index in [1.54, 1.807) is 0 Å². The van der Waals surface area contributed by atoms with Gasteiger partial charge in [0.25, 0.3) is 0 Å². The van der Waals surface area contributed by atoms with Crippen LogP contribution in [-0.4, -0.2) is 37.0 Å². The highest BCUT2D eigenvalue weighted by atomic mass is 16.2. The van der Waals surface area contributed by atoms with E-state index in [9.17, 15) is 4.79 Å². The molecule has 1 atom stereocenters. The lowest BCUT2D eigenvalue weighted by Gasteiger charge is -2.21. The summed E-state index contributed by atoms with van der Waals surface area (Å²) in [5.74, 6) is 0.0350. The Morgan fingerprint density at radius 1 is 1.33 bits per heavy atom. The fourth-order valence-electron chi connectivity index (χ4n) is 1.82. The zero-order chi connectivity index (χ0) is 13.5. The van der Waals surface area contributed by atoms with Gasteiger partial charge in [0.2, 0.25) is 5.91 Å². The first-order valence-electron chi connectivity index (χ1n) is 6.27. The third-order valence-electron chi connectivity index (χ3n) is 2.60. The lowest BCUT2D eigenvalue weighted by atomic mass is 10.1. The smallest absolute Gasteiger partial charge is 0.234 e. The van der Waals surface area contributed by atoms with Gasteiger partial charge in [0.05, 0.1) is 6.54 Å². The van der Waals surface area contributed by atoms with Gasteiger partial charge in [0.15, 0.2) is 0 Å². The van der Waals surface area contributed by atoms with E-state index in [4.69, 9.17) is 5.73 Å². The van der Waals surface area contributed by atoms with Crippen molar-refractivity contribution >= 4 is 5.91 Å². The van der Waals surface area contributed by atoms with Crippen molar-refractivity contribution in [2.24, 2.45) is 5.73 Å². The minimum atomic E-state index is -0.0666. The van der Waals surface area contributed by atoms with Gasteiger partial charge in [-0.1, -0.05) is 30.3 Å². The standard InChI is InChI=1S/C14H23N3O/c1-11(2)16-14(18)10-17(3)9-13(15)12-7-5-4-6-8-12/h4-8,11,13H,9-10,15H2,1-3H3,(H,16,18). The average Bonchev–Trinajstić information content (AvgIpc) is 2.28. The van der Waals surface area contributed by atoms with Crippen LogP contribution in [0.3, 0.4) is 0 Å². The quantitative estimate of drug-likeness (QED) is 0.795. The topological polar surface area (TPSA) is 58.4 Å². The van der Waals surface area contributed by atoms with Crippen LogP contribution in [0.15, 0.2) is 30.3 Å². The molecule has 0 radical (unpaired) electrons. The van der Waals surface area contributed by atoms with Gasteiger partial charge < -0.3 is 11.1 Å².